The quantitative estimate of drug-likeness (QED) is 0.546. The number of carbonyl (C=O) groups excluding carboxylic acids is 2. The summed E-state index contributed by atoms with van der Waals surface area (Å²) in [4.78, 5) is 43.8. The second-order valence-corrected chi connectivity index (χ2v) is 8.74. The van der Waals surface area contributed by atoms with Gasteiger partial charge >= 0.3 is 0 Å². The third-order valence-corrected chi connectivity index (χ3v) is 6.07. The third-order valence-electron chi connectivity index (χ3n) is 5.81. The van der Waals surface area contributed by atoms with E-state index >= 15 is 0 Å². The molecular weight excluding hydrogens is 414 g/mol. The van der Waals surface area contributed by atoms with Crippen LogP contribution in [0.1, 0.15) is 51.8 Å². The Balaban J connectivity index is 1.79. The second-order valence-electron chi connectivity index (χ2n) is 8.31. The Morgan fingerprint density at radius 1 is 1.19 bits per heavy atom. The van der Waals surface area contributed by atoms with Crippen LogP contribution in [-0.2, 0) is 22.6 Å². The third kappa shape index (κ3) is 6.26. The molecule has 1 saturated heterocycles. The van der Waals surface area contributed by atoms with E-state index in [2.05, 4.69) is 6.92 Å². The number of halogens is 1. The highest BCUT2D eigenvalue weighted by Gasteiger charge is 2.26. The minimum Gasteiger partial charge on any atom is -0.343 e. The van der Waals surface area contributed by atoms with E-state index in [9.17, 15) is 14.4 Å². The van der Waals surface area contributed by atoms with Crippen molar-refractivity contribution in [2.24, 2.45) is 5.92 Å². The van der Waals surface area contributed by atoms with Crippen LogP contribution in [0.15, 0.2) is 35.1 Å². The lowest BCUT2D eigenvalue weighted by Crippen LogP contribution is -2.30. The van der Waals surface area contributed by atoms with E-state index in [1.165, 1.54) is 10.6 Å². The molecule has 0 bridgehead atoms. The average molecular weight is 444 g/mol. The lowest BCUT2D eigenvalue weighted by Gasteiger charge is -2.15. The maximum absolute atomic E-state index is 12.9. The van der Waals surface area contributed by atoms with Crippen LogP contribution in [0.25, 0.3) is 11.3 Å². The van der Waals surface area contributed by atoms with Crippen LogP contribution in [0.3, 0.4) is 0 Å². The van der Waals surface area contributed by atoms with Crippen molar-refractivity contribution in [3.63, 3.8) is 0 Å². The van der Waals surface area contributed by atoms with Gasteiger partial charge in [-0.25, -0.2) is 4.98 Å². The van der Waals surface area contributed by atoms with Gasteiger partial charge in [0, 0.05) is 49.5 Å². The molecule has 1 atom stereocenters. The van der Waals surface area contributed by atoms with Gasteiger partial charge in [0.25, 0.3) is 5.56 Å². The van der Waals surface area contributed by atoms with Gasteiger partial charge < -0.3 is 4.90 Å². The summed E-state index contributed by atoms with van der Waals surface area (Å²) in [5.74, 6) is 0.870. The van der Waals surface area contributed by atoms with Gasteiger partial charge in [0.15, 0.2) is 5.78 Å². The number of aryl methyl sites for hydroxylation is 1. The summed E-state index contributed by atoms with van der Waals surface area (Å²) in [5.41, 5.74) is 1.22. The van der Waals surface area contributed by atoms with Crippen molar-refractivity contribution in [2.45, 2.75) is 58.9 Å². The molecule has 0 aliphatic carbocycles. The standard InChI is InChI=1S/C24H30ClN3O3/c1-3-4-5-6-23-26-22(19-7-9-20(25)10-8-19)14-24(31)28(23)16-21(30)13-18-11-12-27(15-18)17(2)29/h7-10,14,18H,3-6,11-13,15-16H2,1-2H3/t18-/m0/s1. The number of benzene rings is 1. The summed E-state index contributed by atoms with van der Waals surface area (Å²) in [5, 5.41) is 0.626. The summed E-state index contributed by atoms with van der Waals surface area (Å²) in [7, 11) is 0. The van der Waals surface area contributed by atoms with Crippen LogP contribution < -0.4 is 5.56 Å². The number of nitrogens with zero attached hydrogens (tertiary/aromatic N) is 3. The highest BCUT2D eigenvalue weighted by molar-refractivity contribution is 6.30. The number of carbonyl (C=O) groups is 2. The maximum Gasteiger partial charge on any atom is 0.254 e. The van der Waals surface area contributed by atoms with Crippen LogP contribution in [0, 0.1) is 5.92 Å². The van der Waals surface area contributed by atoms with E-state index in [-0.39, 0.29) is 29.7 Å². The average Bonchev–Trinajstić information content (AvgIpc) is 3.19. The van der Waals surface area contributed by atoms with Gasteiger partial charge in [0.1, 0.15) is 5.82 Å². The molecule has 7 heteroatoms. The minimum absolute atomic E-state index is 0.00952. The molecule has 3 rings (SSSR count). The zero-order chi connectivity index (χ0) is 22.4. The summed E-state index contributed by atoms with van der Waals surface area (Å²) in [6, 6.07) is 8.73. The van der Waals surface area contributed by atoms with Crippen molar-refractivity contribution in [3.8, 4) is 11.3 Å². The van der Waals surface area contributed by atoms with E-state index in [0.717, 1.165) is 31.2 Å². The Hall–Kier alpha value is -2.47. The number of ketones is 1. The van der Waals surface area contributed by atoms with E-state index < -0.39 is 0 Å². The molecule has 1 amide bonds. The van der Waals surface area contributed by atoms with Crippen LogP contribution in [0.4, 0.5) is 0 Å². The number of hydrogen-bond donors (Lipinski definition) is 0. The first kappa shape index (κ1) is 23.2. The van der Waals surface area contributed by atoms with Crippen LogP contribution in [0.5, 0.6) is 0 Å². The van der Waals surface area contributed by atoms with E-state index in [0.29, 0.717) is 42.5 Å². The number of aromatic nitrogens is 2. The maximum atomic E-state index is 12.9. The van der Waals surface area contributed by atoms with Gasteiger partial charge in [-0.1, -0.05) is 43.5 Å². The molecule has 1 aromatic heterocycles. The topological polar surface area (TPSA) is 72.3 Å². The number of amides is 1. The van der Waals surface area contributed by atoms with Crippen molar-refractivity contribution >= 4 is 23.3 Å². The fraction of sp³-hybridized carbons (Fsp3) is 0.500. The monoisotopic (exact) mass is 443 g/mol. The zero-order valence-electron chi connectivity index (χ0n) is 18.3. The predicted octanol–water partition coefficient (Wildman–Crippen LogP) is 4.12. The zero-order valence-corrected chi connectivity index (χ0v) is 19.0. The lowest BCUT2D eigenvalue weighted by atomic mass is 10.0. The molecule has 2 aromatic rings. The SMILES string of the molecule is CCCCCc1nc(-c2ccc(Cl)cc2)cc(=O)n1CC(=O)C[C@@H]1CCN(C(C)=O)C1. The predicted molar refractivity (Wildman–Crippen MR) is 122 cm³/mol. The number of rotatable bonds is 9. The second kappa shape index (κ2) is 10.7. The molecular formula is C24H30ClN3O3. The lowest BCUT2D eigenvalue weighted by molar-refractivity contribution is -0.128. The van der Waals surface area contributed by atoms with Gasteiger partial charge in [0.2, 0.25) is 5.91 Å². The van der Waals surface area contributed by atoms with Crippen LogP contribution in [0.2, 0.25) is 5.02 Å². The highest BCUT2D eigenvalue weighted by atomic mass is 35.5. The molecule has 6 nitrogen and oxygen atoms in total. The van der Waals surface area contributed by atoms with Crippen molar-refractivity contribution in [3.05, 3.63) is 51.5 Å². The summed E-state index contributed by atoms with van der Waals surface area (Å²) >= 11 is 5.98. The Morgan fingerprint density at radius 3 is 2.58 bits per heavy atom. The van der Waals surface area contributed by atoms with Crippen molar-refractivity contribution in [1.29, 1.82) is 0 Å². The van der Waals surface area contributed by atoms with Gasteiger partial charge in [-0.05, 0) is 30.9 Å². The van der Waals surface area contributed by atoms with Crippen molar-refractivity contribution < 1.29 is 9.59 Å². The molecule has 1 aromatic carbocycles. The number of unbranched alkanes of at least 4 members (excludes halogenated alkanes) is 2. The highest BCUT2D eigenvalue weighted by Crippen LogP contribution is 2.21. The molecule has 31 heavy (non-hydrogen) atoms. The van der Waals surface area contributed by atoms with Gasteiger partial charge in [-0.15, -0.1) is 0 Å². The summed E-state index contributed by atoms with van der Waals surface area (Å²) in [6.07, 6.45) is 4.88. The molecule has 0 N–H and O–H groups in total. The fourth-order valence-electron chi connectivity index (χ4n) is 4.06. The molecule has 2 heterocycles. The van der Waals surface area contributed by atoms with E-state index in [1.54, 1.807) is 24.0 Å². The Morgan fingerprint density at radius 2 is 1.94 bits per heavy atom. The van der Waals surface area contributed by atoms with Gasteiger partial charge in [0.05, 0.1) is 12.2 Å². The molecule has 1 aliphatic heterocycles. The van der Waals surface area contributed by atoms with Gasteiger partial charge in [-0.2, -0.15) is 0 Å². The molecule has 1 fully saturated rings. The van der Waals surface area contributed by atoms with Crippen LogP contribution >= 0.6 is 11.6 Å². The first-order valence-corrected chi connectivity index (χ1v) is 11.4. The van der Waals surface area contributed by atoms with Gasteiger partial charge in [-0.3, -0.25) is 19.0 Å². The Kier molecular flexibility index (Phi) is 8.02. The molecule has 0 spiro atoms. The number of likely N-dealkylation sites (tertiary alicyclic amines) is 1. The summed E-state index contributed by atoms with van der Waals surface area (Å²) < 4.78 is 1.52. The van der Waals surface area contributed by atoms with Crippen molar-refractivity contribution in [1.82, 2.24) is 14.5 Å². The molecule has 0 saturated carbocycles. The number of Topliss-reactive ketones (excluding diaryl/α,β-unsaturated/α-hetero) is 1. The first-order chi connectivity index (χ1) is 14.9. The molecule has 0 radical (unpaired) electrons. The molecule has 166 valence electrons. The van der Waals surface area contributed by atoms with E-state index in [1.807, 2.05) is 12.1 Å². The minimum atomic E-state index is -0.211. The largest absolute Gasteiger partial charge is 0.343 e. The van der Waals surface area contributed by atoms with Crippen molar-refractivity contribution in [2.75, 3.05) is 13.1 Å². The van der Waals surface area contributed by atoms with Crippen LogP contribution in [-0.4, -0.2) is 39.2 Å². The molecule has 1 aliphatic rings. The Bertz CT molecular complexity index is 985. The van der Waals surface area contributed by atoms with E-state index in [4.69, 9.17) is 16.6 Å². The Labute approximate surface area is 188 Å². The fourth-order valence-corrected chi connectivity index (χ4v) is 4.19. The summed E-state index contributed by atoms with van der Waals surface area (Å²) in [6.45, 7) is 5.03. The number of hydrogen-bond acceptors (Lipinski definition) is 4. The molecule has 0 unspecified atom stereocenters. The normalized spacial score (nSPS) is 16.0. The first-order valence-electron chi connectivity index (χ1n) is 11.0. The smallest absolute Gasteiger partial charge is 0.254 e.